The number of hydrogen-bond donors (Lipinski definition) is 2. The SMILES string of the molecule is O=C1CCCCC(CC=CCCC(=O)c2ccon2)(c2nc(-c3ccccc3F)c[nH]2)N1. The van der Waals surface area contributed by atoms with Gasteiger partial charge in [-0.05, 0) is 37.8 Å². The molecular formula is C24H25FN4O3. The van der Waals surface area contributed by atoms with Gasteiger partial charge in [-0.25, -0.2) is 9.37 Å². The molecule has 32 heavy (non-hydrogen) atoms. The number of H-pyrrole nitrogens is 1. The van der Waals surface area contributed by atoms with Gasteiger partial charge in [0.25, 0.3) is 0 Å². The minimum Gasteiger partial charge on any atom is -0.364 e. The van der Waals surface area contributed by atoms with E-state index in [4.69, 9.17) is 4.52 Å². The van der Waals surface area contributed by atoms with Crippen molar-refractivity contribution in [3.8, 4) is 11.3 Å². The van der Waals surface area contributed by atoms with E-state index in [-0.39, 0.29) is 17.5 Å². The Morgan fingerprint density at radius 1 is 1.22 bits per heavy atom. The van der Waals surface area contributed by atoms with Crippen LogP contribution in [0.3, 0.4) is 0 Å². The second-order valence-corrected chi connectivity index (χ2v) is 7.97. The fourth-order valence-electron chi connectivity index (χ4n) is 4.01. The van der Waals surface area contributed by atoms with Crippen LogP contribution in [0.15, 0.2) is 59.5 Å². The number of nitrogens with zero attached hydrogens (tertiary/aromatic N) is 2. The minimum absolute atomic E-state index is 0.0269. The van der Waals surface area contributed by atoms with Crippen molar-refractivity contribution in [1.82, 2.24) is 20.4 Å². The molecule has 3 aromatic rings. The number of nitrogens with one attached hydrogen (secondary N) is 2. The molecule has 1 unspecified atom stereocenters. The number of hydrogen-bond acceptors (Lipinski definition) is 5. The van der Waals surface area contributed by atoms with E-state index < -0.39 is 5.54 Å². The second kappa shape index (κ2) is 9.72. The average molecular weight is 436 g/mol. The summed E-state index contributed by atoms with van der Waals surface area (Å²) in [5, 5.41) is 6.80. The first-order chi connectivity index (χ1) is 15.6. The van der Waals surface area contributed by atoms with Crippen molar-refractivity contribution >= 4 is 11.7 Å². The molecule has 7 nitrogen and oxygen atoms in total. The van der Waals surface area contributed by atoms with Gasteiger partial charge in [-0.2, -0.15) is 0 Å². The van der Waals surface area contributed by atoms with Gasteiger partial charge in [0.1, 0.15) is 29.1 Å². The van der Waals surface area contributed by atoms with Crippen LogP contribution in [0, 0.1) is 5.82 Å². The van der Waals surface area contributed by atoms with Gasteiger partial charge in [0.05, 0.1) is 5.69 Å². The lowest BCUT2D eigenvalue weighted by molar-refractivity contribution is -0.122. The second-order valence-electron chi connectivity index (χ2n) is 7.97. The zero-order valence-corrected chi connectivity index (χ0v) is 17.6. The molecule has 3 heterocycles. The van der Waals surface area contributed by atoms with Crippen LogP contribution < -0.4 is 5.32 Å². The molecule has 0 spiro atoms. The normalized spacial score (nSPS) is 19.1. The number of carbonyl (C=O) groups is 2. The summed E-state index contributed by atoms with van der Waals surface area (Å²) in [4.78, 5) is 32.3. The van der Waals surface area contributed by atoms with Gasteiger partial charge in [0, 0.05) is 30.7 Å². The van der Waals surface area contributed by atoms with Crippen LogP contribution >= 0.6 is 0 Å². The first kappa shape index (κ1) is 21.7. The highest BCUT2D eigenvalue weighted by molar-refractivity contribution is 5.94. The van der Waals surface area contributed by atoms with Crippen molar-refractivity contribution in [2.45, 2.75) is 50.5 Å². The van der Waals surface area contributed by atoms with Gasteiger partial charge < -0.3 is 14.8 Å². The molecule has 166 valence electrons. The Labute approximate surface area is 185 Å². The van der Waals surface area contributed by atoms with E-state index in [2.05, 4.69) is 20.4 Å². The Hall–Kier alpha value is -3.55. The molecule has 0 radical (unpaired) electrons. The van der Waals surface area contributed by atoms with Gasteiger partial charge in [0.15, 0.2) is 5.78 Å². The Bertz CT molecular complexity index is 1110. The van der Waals surface area contributed by atoms with Crippen LogP contribution in [0.2, 0.25) is 0 Å². The summed E-state index contributed by atoms with van der Waals surface area (Å²) in [7, 11) is 0. The number of allylic oxidation sites excluding steroid dienone is 1. The predicted molar refractivity (Wildman–Crippen MR) is 116 cm³/mol. The summed E-state index contributed by atoms with van der Waals surface area (Å²) < 4.78 is 18.9. The maximum Gasteiger partial charge on any atom is 0.220 e. The standard InChI is InChI=1S/C24H25FN4O3/c25-18-9-4-3-8-17(18)20-16-26-23(27-20)24(14-7-5-11-22(31)28-24)13-6-1-2-10-21(30)19-12-15-32-29-19/h1,3-4,6,8-9,12,15-16H,2,5,7,10-11,13-14H2,(H,26,27)(H,28,31). The lowest BCUT2D eigenvalue weighted by Crippen LogP contribution is -2.45. The van der Waals surface area contributed by atoms with E-state index in [0.29, 0.717) is 54.9 Å². The maximum absolute atomic E-state index is 14.2. The van der Waals surface area contributed by atoms with Gasteiger partial charge in [-0.3, -0.25) is 9.59 Å². The summed E-state index contributed by atoms with van der Waals surface area (Å²) in [6.45, 7) is 0. The predicted octanol–water partition coefficient (Wildman–Crippen LogP) is 4.70. The fraction of sp³-hybridized carbons (Fsp3) is 0.333. The highest BCUT2D eigenvalue weighted by atomic mass is 19.1. The Morgan fingerprint density at radius 2 is 2.09 bits per heavy atom. The van der Waals surface area contributed by atoms with E-state index >= 15 is 0 Å². The van der Waals surface area contributed by atoms with Crippen LogP contribution in [-0.2, 0) is 10.3 Å². The average Bonchev–Trinajstić information content (AvgIpc) is 3.46. The van der Waals surface area contributed by atoms with Crippen molar-refractivity contribution in [1.29, 1.82) is 0 Å². The molecule has 8 heteroatoms. The van der Waals surface area contributed by atoms with Crippen molar-refractivity contribution in [2.75, 3.05) is 0 Å². The molecule has 4 rings (SSSR count). The lowest BCUT2D eigenvalue weighted by atomic mass is 9.88. The molecule has 1 aliphatic rings. The third-order valence-corrected chi connectivity index (χ3v) is 5.71. The number of Topliss-reactive ketones (excluding diaryl/α,β-unsaturated/α-hetero) is 1. The number of aromatic amines is 1. The van der Waals surface area contributed by atoms with E-state index in [9.17, 15) is 14.0 Å². The van der Waals surface area contributed by atoms with Gasteiger partial charge in [-0.15, -0.1) is 0 Å². The van der Waals surface area contributed by atoms with Crippen molar-refractivity contribution in [3.05, 3.63) is 72.3 Å². The summed E-state index contributed by atoms with van der Waals surface area (Å²) in [6, 6.07) is 8.03. The molecule has 1 aromatic carbocycles. The molecule has 1 amide bonds. The molecule has 1 fully saturated rings. The van der Waals surface area contributed by atoms with Crippen LogP contribution in [0.5, 0.6) is 0 Å². The van der Waals surface area contributed by atoms with Gasteiger partial charge in [0.2, 0.25) is 5.91 Å². The molecule has 1 atom stereocenters. The van der Waals surface area contributed by atoms with Crippen molar-refractivity contribution in [2.24, 2.45) is 0 Å². The largest absolute Gasteiger partial charge is 0.364 e. The fourth-order valence-corrected chi connectivity index (χ4v) is 4.01. The van der Waals surface area contributed by atoms with E-state index in [1.807, 2.05) is 12.2 Å². The smallest absolute Gasteiger partial charge is 0.220 e. The van der Waals surface area contributed by atoms with Crippen LogP contribution in [0.1, 0.15) is 61.3 Å². The minimum atomic E-state index is -0.705. The number of aromatic nitrogens is 3. The van der Waals surface area contributed by atoms with Crippen molar-refractivity contribution in [3.63, 3.8) is 0 Å². The summed E-state index contributed by atoms with van der Waals surface area (Å²) in [5.41, 5.74) is 0.524. The number of amides is 1. The Morgan fingerprint density at radius 3 is 2.91 bits per heavy atom. The quantitative estimate of drug-likeness (QED) is 0.394. The molecule has 2 N–H and O–H groups in total. The number of rotatable bonds is 8. The Kier molecular flexibility index (Phi) is 6.58. The van der Waals surface area contributed by atoms with Gasteiger partial charge >= 0.3 is 0 Å². The monoisotopic (exact) mass is 436 g/mol. The number of benzene rings is 1. The number of carbonyl (C=O) groups excluding carboxylic acids is 2. The lowest BCUT2D eigenvalue weighted by Gasteiger charge is -2.30. The van der Waals surface area contributed by atoms with E-state index in [1.165, 1.54) is 12.3 Å². The zero-order valence-electron chi connectivity index (χ0n) is 17.6. The highest BCUT2D eigenvalue weighted by Gasteiger charge is 2.37. The van der Waals surface area contributed by atoms with E-state index in [0.717, 1.165) is 12.8 Å². The summed E-state index contributed by atoms with van der Waals surface area (Å²) in [6.07, 6.45) is 11.2. The first-order valence-corrected chi connectivity index (χ1v) is 10.8. The molecular weight excluding hydrogens is 411 g/mol. The molecule has 1 aliphatic heterocycles. The number of imidazole rings is 1. The number of halogens is 1. The van der Waals surface area contributed by atoms with Crippen LogP contribution in [-0.4, -0.2) is 26.8 Å². The van der Waals surface area contributed by atoms with Crippen LogP contribution in [0.4, 0.5) is 4.39 Å². The summed E-state index contributed by atoms with van der Waals surface area (Å²) in [5.74, 6) is 0.151. The topological polar surface area (TPSA) is 101 Å². The van der Waals surface area contributed by atoms with E-state index in [1.54, 1.807) is 30.5 Å². The zero-order chi connectivity index (χ0) is 22.4. The highest BCUT2D eigenvalue weighted by Crippen LogP contribution is 2.34. The molecule has 0 bridgehead atoms. The Balaban J connectivity index is 1.51. The molecule has 1 saturated heterocycles. The van der Waals surface area contributed by atoms with Crippen molar-refractivity contribution < 1.29 is 18.5 Å². The molecule has 0 aliphatic carbocycles. The third kappa shape index (κ3) is 4.85. The first-order valence-electron chi connectivity index (χ1n) is 10.8. The third-order valence-electron chi connectivity index (χ3n) is 5.71. The summed E-state index contributed by atoms with van der Waals surface area (Å²) >= 11 is 0. The number of ketones is 1. The molecule has 0 saturated carbocycles. The maximum atomic E-state index is 14.2. The van der Waals surface area contributed by atoms with Gasteiger partial charge in [-0.1, -0.05) is 35.9 Å². The van der Waals surface area contributed by atoms with Crippen LogP contribution in [0.25, 0.3) is 11.3 Å². The molecule has 2 aromatic heterocycles.